The predicted octanol–water partition coefficient (Wildman–Crippen LogP) is 2.19. The average Bonchev–Trinajstić information content (AvgIpc) is 2.56. The van der Waals surface area contributed by atoms with Crippen molar-refractivity contribution >= 4 is 22.2 Å². The molecule has 1 aromatic rings. The Labute approximate surface area is 78.4 Å². The van der Waals surface area contributed by atoms with Crippen molar-refractivity contribution in [1.29, 1.82) is 0 Å². The normalized spacial score (nSPS) is 11.1. The lowest BCUT2D eigenvalue weighted by molar-refractivity contribution is 1.07. The molecule has 2 aliphatic rings. The number of fused-ring (bicyclic) bond motifs is 3. The molecule has 0 saturated carbocycles. The molecule has 2 heterocycles. The highest BCUT2D eigenvalue weighted by atomic mass is 32.1. The van der Waals surface area contributed by atoms with Gasteiger partial charge in [0.2, 0.25) is 0 Å². The summed E-state index contributed by atoms with van der Waals surface area (Å²) >= 11 is 1.52. The molecule has 0 bridgehead atoms. The minimum Gasteiger partial charge on any atom is -0.235 e. The molecule has 62 valence electrons. The molecular formula is C9H5N3S. The van der Waals surface area contributed by atoms with Crippen LogP contribution in [-0.2, 0) is 0 Å². The smallest absolute Gasteiger partial charge is 0.146 e. The van der Waals surface area contributed by atoms with E-state index >= 15 is 0 Å². The first-order valence-corrected chi connectivity index (χ1v) is 4.78. The van der Waals surface area contributed by atoms with Crippen LogP contribution in [0.1, 0.15) is 0 Å². The molecule has 0 fully saturated rings. The van der Waals surface area contributed by atoms with E-state index in [2.05, 4.69) is 15.2 Å². The summed E-state index contributed by atoms with van der Waals surface area (Å²) in [7, 11) is 0. The van der Waals surface area contributed by atoms with Crippen LogP contribution in [0, 0.1) is 0 Å². The van der Waals surface area contributed by atoms with Crippen LogP contribution < -0.4 is 0 Å². The quantitative estimate of drug-likeness (QED) is 0.541. The number of nitrogens with zero attached hydrogens (tertiary/aromatic N) is 3. The van der Waals surface area contributed by atoms with Gasteiger partial charge in [0.05, 0.1) is 5.52 Å². The van der Waals surface area contributed by atoms with E-state index in [4.69, 9.17) is 0 Å². The van der Waals surface area contributed by atoms with Crippen molar-refractivity contribution in [3.63, 3.8) is 0 Å². The lowest BCUT2D eigenvalue weighted by atomic mass is 10.2. The molecule has 0 aromatic heterocycles. The number of hydrogen-bond acceptors (Lipinski definition) is 4. The molecule has 0 saturated heterocycles. The Kier molecular flexibility index (Phi) is 1.31. The van der Waals surface area contributed by atoms with E-state index in [9.17, 15) is 0 Å². The van der Waals surface area contributed by atoms with Gasteiger partial charge in [-0.15, -0.1) is 21.5 Å². The molecule has 0 amide bonds. The Balaban J connectivity index is 2.56. The first-order chi connectivity index (χ1) is 6.45. The summed E-state index contributed by atoms with van der Waals surface area (Å²) in [6, 6.07) is 7.98. The van der Waals surface area contributed by atoms with E-state index in [1.807, 2.05) is 24.3 Å². The van der Waals surface area contributed by atoms with Crippen molar-refractivity contribution < 1.29 is 0 Å². The van der Waals surface area contributed by atoms with E-state index < -0.39 is 0 Å². The summed E-state index contributed by atoms with van der Waals surface area (Å²) in [5, 5.41) is 9.97. The topological polar surface area (TPSA) is 38.7 Å². The molecule has 0 unspecified atom stereocenters. The zero-order chi connectivity index (χ0) is 8.67. The Morgan fingerprint density at radius 3 is 3.08 bits per heavy atom. The zero-order valence-corrected chi connectivity index (χ0v) is 7.45. The minimum absolute atomic E-state index is 0.906. The second kappa shape index (κ2) is 2.47. The fourth-order valence-corrected chi connectivity index (χ4v) is 1.99. The summed E-state index contributed by atoms with van der Waals surface area (Å²) in [4.78, 5) is 4.43. The highest BCUT2D eigenvalue weighted by molar-refractivity contribution is 7.12. The van der Waals surface area contributed by atoms with Gasteiger partial charge in [-0.25, -0.2) is 4.98 Å². The van der Waals surface area contributed by atoms with Crippen LogP contribution in [-0.4, -0.2) is 15.2 Å². The molecule has 3 rings (SSSR count). The van der Waals surface area contributed by atoms with E-state index in [0.717, 1.165) is 21.6 Å². The first kappa shape index (κ1) is 6.91. The third-order valence-corrected chi connectivity index (χ3v) is 2.66. The number of para-hydroxylation sites is 1. The van der Waals surface area contributed by atoms with Crippen molar-refractivity contribution in [3.8, 4) is 10.7 Å². The van der Waals surface area contributed by atoms with E-state index in [-0.39, 0.29) is 0 Å². The van der Waals surface area contributed by atoms with Gasteiger partial charge in [0.15, 0.2) is 0 Å². The summed E-state index contributed by atoms with van der Waals surface area (Å²) in [6.45, 7) is 0. The second-order valence-corrected chi connectivity index (χ2v) is 3.55. The predicted molar refractivity (Wildman–Crippen MR) is 51.8 cm³/mol. The van der Waals surface area contributed by atoms with Gasteiger partial charge >= 0.3 is 0 Å². The van der Waals surface area contributed by atoms with E-state index in [1.54, 1.807) is 5.51 Å². The maximum atomic E-state index is 4.43. The average molecular weight is 187 g/mol. The summed E-state index contributed by atoms with van der Waals surface area (Å²) in [5.74, 6) is 0. The number of hydrogen-bond donors (Lipinski definition) is 0. The SMILES string of the molecule is c1ccc2c3nncsc-3nc2c1. The Hall–Kier alpha value is -1.55. The molecular weight excluding hydrogens is 182 g/mol. The molecule has 13 heavy (non-hydrogen) atoms. The van der Waals surface area contributed by atoms with Gasteiger partial charge in [-0.2, -0.15) is 0 Å². The molecule has 1 aromatic carbocycles. The molecule has 0 spiro atoms. The Bertz CT molecular complexity index is 531. The summed E-state index contributed by atoms with van der Waals surface area (Å²) in [6.07, 6.45) is 0. The molecule has 0 N–H and O–H groups in total. The lowest BCUT2D eigenvalue weighted by Gasteiger charge is -1.90. The molecule has 0 aliphatic carbocycles. The van der Waals surface area contributed by atoms with Gasteiger partial charge in [0.1, 0.15) is 16.2 Å². The van der Waals surface area contributed by atoms with Crippen LogP contribution in [0.4, 0.5) is 0 Å². The number of aromatic nitrogens is 3. The van der Waals surface area contributed by atoms with Gasteiger partial charge in [-0.3, -0.25) is 0 Å². The van der Waals surface area contributed by atoms with Crippen LogP contribution in [0.5, 0.6) is 0 Å². The maximum absolute atomic E-state index is 4.43. The van der Waals surface area contributed by atoms with Crippen molar-refractivity contribution in [2.45, 2.75) is 0 Å². The molecule has 0 radical (unpaired) electrons. The molecule has 2 aliphatic heterocycles. The van der Waals surface area contributed by atoms with E-state index in [0.29, 0.717) is 0 Å². The van der Waals surface area contributed by atoms with Crippen LogP contribution in [0.25, 0.3) is 21.6 Å². The molecule has 3 nitrogen and oxygen atoms in total. The third-order valence-electron chi connectivity index (χ3n) is 1.95. The fourth-order valence-electron chi connectivity index (χ4n) is 1.38. The highest BCUT2D eigenvalue weighted by Crippen LogP contribution is 2.29. The minimum atomic E-state index is 0.906. The molecule has 0 atom stereocenters. The number of rotatable bonds is 0. The van der Waals surface area contributed by atoms with Crippen molar-refractivity contribution in [3.05, 3.63) is 29.8 Å². The van der Waals surface area contributed by atoms with Crippen molar-refractivity contribution in [2.24, 2.45) is 0 Å². The third kappa shape index (κ3) is 0.922. The van der Waals surface area contributed by atoms with Gasteiger partial charge in [-0.05, 0) is 6.07 Å². The van der Waals surface area contributed by atoms with Crippen LogP contribution >= 0.6 is 11.3 Å². The van der Waals surface area contributed by atoms with Gasteiger partial charge < -0.3 is 0 Å². The standard InChI is InChI=1S/C9H5N3S/c1-2-4-7-6(3-1)8-9(11-7)13-5-10-12-8/h1-5H. The highest BCUT2D eigenvalue weighted by Gasteiger charge is 2.12. The van der Waals surface area contributed by atoms with Gasteiger partial charge in [0, 0.05) is 5.39 Å². The Morgan fingerprint density at radius 2 is 2.08 bits per heavy atom. The lowest BCUT2D eigenvalue weighted by Crippen LogP contribution is -1.81. The first-order valence-electron chi connectivity index (χ1n) is 3.90. The summed E-state index contributed by atoms with van der Waals surface area (Å²) < 4.78 is 0. The Morgan fingerprint density at radius 1 is 1.15 bits per heavy atom. The van der Waals surface area contributed by atoms with Gasteiger partial charge in [-0.1, -0.05) is 18.2 Å². The van der Waals surface area contributed by atoms with Crippen molar-refractivity contribution in [1.82, 2.24) is 15.2 Å². The number of benzene rings is 1. The van der Waals surface area contributed by atoms with Gasteiger partial charge in [0.25, 0.3) is 0 Å². The summed E-state index contributed by atoms with van der Waals surface area (Å²) in [5.41, 5.74) is 3.60. The maximum Gasteiger partial charge on any atom is 0.146 e. The second-order valence-electron chi connectivity index (χ2n) is 2.72. The molecule has 4 heteroatoms. The van der Waals surface area contributed by atoms with Crippen molar-refractivity contribution in [2.75, 3.05) is 0 Å². The van der Waals surface area contributed by atoms with Crippen LogP contribution in [0.15, 0.2) is 29.8 Å². The van der Waals surface area contributed by atoms with E-state index in [1.165, 1.54) is 11.3 Å². The zero-order valence-electron chi connectivity index (χ0n) is 6.64. The monoisotopic (exact) mass is 187 g/mol. The fraction of sp³-hybridized carbons (Fsp3) is 0. The largest absolute Gasteiger partial charge is 0.235 e. The van der Waals surface area contributed by atoms with Crippen LogP contribution in [0.3, 0.4) is 0 Å². The van der Waals surface area contributed by atoms with Crippen LogP contribution in [0.2, 0.25) is 0 Å².